The number of benzene rings is 1. The molecule has 0 aromatic heterocycles. The molecular weight excluding hydrogens is 428 g/mol. The summed E-state index contributed by atoms with van der Waals surface area (Å²) in [5.41, 5.74) is 0.739. The van der Waals surface area contributed by atoms with E-state index < -0.39 is 23.3 Å². The maximum Gasteiger partial charge on any atom is 0.313 e. The molecule has 1 aromatic carbocycles. The molecule has 10 nitrogen and oxygen atoms in total. The molecule has 0 bridgehead atoms. The Bertz CT molecular complexity index is 997. The summed E-state index contributed by atoms with van der Waals surface area (Å²) < 4.78 is 11.0. The van der Waals surface area contributed by atoms with Gasteiger partial charge in [-0.15, -0.1) is 0 Å². The average Bonchev–Trinajstić information content (AvgIpc) is 2.76. The van der Waals surface area contributed by atoms with Crippen LogP contribution < -0.4 is 26.0 Å². The third kappa shape index (κ3) is 7.37. The zero-order valence-electron chi connectivity index (χ0n) is 19.5. The maximum atomic E-state index is 12.4. The average molecular weight is 459 g/mol. The number of hydrogen-bond donors (Lipinski definition) is 4. The number of nitrogens with one attached hydrogen (secondary N) is 4. The lowest BCUT2D eigenvalue weighted by Crippen LogP contribution is -2.57. The molecule has 1 aliphatic heterocycles. The largest absolute Gasteiger partial charge is 0.496 e. The summed E-state index contributed by atoms with van der Waals surface area (Å²) in [6, 6.07) is 5.02. The number of allylic oxidation sites excluding steroid dienone is 3. The number of methoxy groups -OCH3 is 1. The normalized spacial score (nSPS) is 13.0. The van der Waals surface area contributed by atoms with Crippen molar-refractivity contribution in [3.63, 3.8) is 0 Å². The molecule has 0 fully saturated rings. The van der Waals surface area contributed by atoms with E-state index in [1.54, 1.807) is 18.2 Å². The lowest BCUT2D eigenvalue weighted by atomic mass is 10.0. The molecule has 4 amide bonds. The molecule has 10 heteroatoms. The van der Waals surface area contributed by atoms with Crippen LogP contribution in [0, 0.1) is 0 Å². The molecule has 0 unspecified atom stereocenters. The van der Waals surface area contributed by atoms with Crippen LogP contribution in [0.5, 0.6) is 5.75 Å². The first-order valence-corrected chi connectivity index (χ1v) is 10.4. The van der Waals surface area contributed by atoms with Gasteiger partial charge in [-0.25, -0.2) is 0 Å². The van der Waals surface area contributed by atoms with E-state index >= 15 is 0 Å². The second kappa shape index (κ2) is 11.2. The fourth-order valence-corrected chi connectivity index (χ4v) is 2.93. The summed E-state index contributed by atoms with van der Waals surface area (Å²) in [5, 5.41) is 10.1. The number of hydrogen-bond acceptors (Lipinski definition) is 6. The number of carbonyl (C=O) groups is 4. The molecule has 0 radical (unpaired) electrons. The van der Waals surface area contributed by atoms with Crippen LogP contribution >= 0.6 is 0 Å². The zero-order valence-corrected chi connectivity index (χ0v) is 19.5. The molecular formula is C23H30N4O6. The van der Waals surface area contributed by atoms with E-state index in [4.69, 9.17) is 9.47 Å². The molecule has 0 spiro atoms. The van der Waals surface area contributed by atoms with Crippen molar-refractivity contribution in [1.82, 2.24) is 16.0 Å². The van der Waals surface area contributed by atoms with Crippen molar-refractivity contribution in [2.24, 2.45) is 0 Å². The molecule has 0 saturated carbocycles. The first-order valence-electron chi connectivity index (χ1n) is 10.4. The molecule has 1 heterocycles. The van der Waals surface area contributed by atoms with E-state index in [-0.39, 0.29) is 19.0 Å². The van der Waals surface area contributed by atoms with Crippen molar-refractivity contribution in [3.8, 4) is 5.75 Å². The molecule has 0 aliphatic carbocycles. The van der Waals surface area contributed by atoms with Crippen LogP contribution in [0.2, 0.25) is 0 Å². The van der Waals surface area contributed by atoms with Crippen molar-refractivity contribution in [2.45, 2.75) is 33.2 Å². The smallest absolute Gasteiger partial charge is 0.313 e. The molecule has 33 heavy (non-hydrogen) atoms. The quantitative estimate of drug-likeness (QED) is 0.340. The number of anilines is 1. The van der Waals surface area contributed by atoms with Gasteiger partial charge in [-0.1, -0.05) is 6.08 Å². The Morgan fingerprint density at radius 2 is 1.76 bits per heavy atom. The predicted octanol–water partition coefficient (Wildman–Crippen LogP) is 1.10. The Balaban J connectivity index is 1.99. The van der Waals surface area contributed by atoms with Crippen LogP contribution in [-0.2, 0) is 23.9 Å². The summed E-state index contributed by atoms with van der Waals surface area (Å²) in [5.74, 6) is -1.28. The molecule has 1 aromatic rings. The maximum absolute atomic E-state index is 12.4. The van der Waals surface area contributed by atoms with E-state index in [1.807, 2.05) is 19.1 Å². The fraction of sp³-hybridized carbons (Fsp3) is 0.391. The number of amides is 4. The Labute approximate surface area is 192 Å². The van der Waals surface area contributed by atoms with Gasteiger partial charge >= 0.3 is 11.8 Å². The molecule has 178 valence electrons. The second-order valence-corrected chi connectivity index (χ2v) is 7.95. The fourth-order valence-electron chi connectivity index (χ4n) is 2.93. The van der Waals surface area contributed by atoms with E-state index in [9.17, 15) is 19.2 Å². The van der Waals surface area contributed by atoms with Crippen LogP contribution in [-0.4, -0.2) is 56.0 Å². The van der Waals surface area contributed by atoms with Crippen molar-refractivity contribution in [2.75, 3.05) is 32.1 Å². The van der Waals surface area contributed by atoms with Gasteiger partial charge < -0.3 is 30.7 Å². The van der Waals surface area contributed by atoms with Gasteiger partial charge in [0.1, 0.15) is 17.9 Å². The summed E-state index contributed by atoms with van der Waals surface area (Å²) in [6.45, 7) is 7.02. The van der Waals surface area contributed by atoms with Crippen molar-refractivity contribution in [3.05, 3.63) is 41.7 Å². The van der Waals surface area contributed by atoms with Gasteiger partial charge in [-0.3, -0.25) is 19.2 Å². The van der Waals surface area contributed by atoms with Gasteiger partial charge in [-0.05, 0) is 39.0 Å². The molecule has 0 atom stereocenters. The summed E-state index contributed by atoms with van der Waals surface area (Å²) in [4.78, 5) is 47.9. The zero-order chi connectivity index (χ0) is 24.6. The highest BCUT2D eigenvalue weighted by Gasteiger charge is 2.31. The SMILES string of the molecule is COc1cc(NC(=O)C(=O)NC(C)(C)C(=O)NCCNC(C)=O)ccc1C1=CC=C(C)OC1. The van der Waals surface area contributed by atoms with Gasteiger partial charge in [0, 0.05) is 42.9 Å². The second-order valence-electron chi connectivity index (χ2n) is 7.95. The minimum absolute atomic E-state index is 0.187. The molecule has 2 rings (SSSR count). The minimum atomic E-state index is -1.34. The summed E-state index contributed by atoms with van der Waals surface area (Å²) in [6.07, 6.45) is 3.79. The van der Waals surface area contributed by atoms with E-state index in [0.29, 0.717) is 18.0 Å². The van der Waals surface area contributed by atoms with Crippen LogP contribution in [0.1, 0.15) is 33.3 Å². The lowest BCUT2D eigenvalue weighted by Gasteiger charge is -2.25. The number of ether oxygens (including phenoxy) is 2. The van der Waals surface area contributed by atoms with E-state index in [1.165, 1.54) is 27.9 Å². The Morgan fingerprint density at radius 3 is 2.36 bits per heavy atom. The number of rotatable bonds is 8. The van der Waals surface area contributed by atoms with Gasteiger partial charge in [0.05, 0.1) is 12.9 Å². The third-order valence-electron chi connectivity index (χ3n) is 4.76. The summed E-state index contributed by atoms with van der Waals surface area (Å²) in [7, 11) is 1.51. The van der Waals surface area contributed by atoms with Crippen LogP contribution in [0.3, 0.4) is 0 Å². The first-order chi connectivity index (χ1) is 15.5. The minimum Gasteiger partial charge on any atom is -0.496 e. The lowest BCUT2D eigenvalue weighted by molar-refractivity contribution is -0.139. The van der Waals surface area contributed by atoms with Crippen LogP contribution in [0.25, 0.3) is 5.57 Å². The van der Waals surface area contributed by atoms with Gasteiger partial charge in [0.25, 0.3) is 0 Å². The van der Waals surface area contributed by atoms with Crippen molar-refractivity contribution in [1.29, 1.82) is 0 Å². The van der Waals surface area contributed by atoms with Gasteiger partial charge in [0.2, 0.25) is 11.8 Å². The van der Waals surface area contributed by atoms with E-state index in [2.05, 4.69) is 21.3 Å². The van der Waals surface area contributed by atoms with Crippen LogP contribution in [0.15, 0.2) is 36.1 Å². The Hall–Kier alpha value is -3.82. The highest BCUT2D eigenvalue weighted by Crippen LogP contribution is 2.31. The third-order valence-corrected chi connectivity index (χ3v) is 4.76. The molecule has 4 N–H and O–H groups in total. The monoisotopic (exact) mass is 458 g/mol. The highest BCUT2D eigenvalue weighted by atomic mass is 16.5. The highest BCUT2D eigenvalue weighted by molar-refractivity contribution is 6.40. The van der Waals surface area contributed by atoms with Crippen molar-refractivity contribution < 1.29 is 28.7 Å². The van der Waals surface area contributed by atoms with Crippen molar-refractivity contribution >= 4 is 34.9 Å². The Kier molecular flexibility index (Phi) is 8.61. The number of carbonyl (C=O) groups excluding carboxylic acids is 4. The van der Waals surface area contributed by atoms with E-state index in [0.717, 1.165) is 16.9 Å². The van der Waals surface area contributed by atoms with Gasteiger partial charge in [0.15, 0.2) is 0 Å². The molecule has 1 aliphatic rings. The first kappa shape index (κ1) is 25.4. The predicted molar refractivity (Wildman–Crippen MR) is 123 cm³/mol. The molecule has 0 saturated heterocycles. The summed E-state index contributed by atoms with van der Waals surface area (Å²) >= 11 is 0. The van der Waals surface area contributed by atoms with Gasteiger partial charge in [-0.2, -0.15) is 0 Å². The topological polar surface area (TPSA) is 135 Å². The Morgan fingerprint density at radius 1 is 1.06 bits per heavy atom. The standard InChI is InChI=1S/C23H30N4O6/c1-14-6-7-16(13-33-14)18-9-8-17(12-19(18)32-5)26-20(29)21(30)27-23(3,4)22(31)25-11-10-24-15(2)28/h6-9,12H,10-11,13H2,1-5H3,(H,24,28)(H,25,31)(H,26,29)(H,27,30). The van der Waals surface area contributed by atoms with Crippen LogP contribution in [0.4, 0.5) is 5.69 Å².